The third-order valence-electron chi connectivity index (χ3n) is 8.02. The minimum Gasteiger partial charge on any atom is -0.491 e. The van der Waals surface area contributed by atoms with Crippen LogP contribution in [0.5, 0.6) is 5.75 Å². The minimum atomic E-state index is -0.862. The molecule has 2 fully saturated rings. The van der Waals surface area contributed by atoms with Gasteiger partial charge < -0.3 is 24.7 Å². The highest BCUT2D eigenvalue weighted by atomic mass is 16.5. The number of amidine groups is 1. The van der Waals surface area contributed by atoms with Crippen LogP contribution in [0.15, 0.2) is 24.3 Å². The number of anilines is 1. The van der Waals surface area contributed by atoms with Crippen LogP contribution in [0.2, 0.25) is 0 Å². The summed E-state index contributed by atoms with van der Waals surface area (Å²) >= 11 is 0. The van der Waals surface area contributed by atoms with Crippen molar-refractivity contribution in [2.45, 2.75) is 83.3 Å². The molecule has 3 aliphatic rings. The molecule has 0 bridgehead atoms. The van der Waals surface area contributed by atoms with Crippen molar-refractivity contribution in [2.75, 3.05) is 31.1 Å². The molecule has 9 nitrogen and oxygen atoms in total. The fraction of sp³-hybridized carbons (Fsp3) is 0.548. The Morgan fingerprint density at radius 1 is 1.12 bits per heavy atom. The van der Waals surface area contributed by atoms with Gasteiger partial charge in [-0.3, -0.25) is 15.0 Å². The van der Waals surface area contributed by atoms with Crippen LogP contribution in [0.25, 0.3) is 0 Å². The van der Waals surface area contributed by atoms with Crippen LogP contribution in [0.1, 0.15) is 98.1 Å². The van der Waals surface area contributed by atoms with Crippen molar-refractivity contribution in [2.24, 2.45) is 0 Å². The molecule has 3 heterocycles. The normalized spacial score (nSPS) is 17.8. The first-order chi connectivity index (χ1) is 19.0. The number of ether oxygens (including phenoxy) is 1. The molecule has 40 heavy (non-hydrogen) atoms. The van der Waals surface area contributed by atoms with E-state index >= 15 is 0 Å². The molecule has 2 aliphatic heterocycles. The second-order valence-corrected chi connectivity index (χ2v) is 12.3. The van der Waals surface area contributed by atoms with E-state index in [1.807, 2.05) is 18.2 Å². The monoisotopic (exact) mass is 548 g/mol. The quantitative estimate of drug-likeness (QED) is 0.293. The van der Waals surface area contributed by atoms with Crippen LogP contribution in [0.4, 0.5) is 5.69 Å². The summed E-state index contributed by atoms with van der Waals surface area (Å²) in [7, 11) is 0. The van der Waals surface area contributed by atoms with Gasteiger partial charge in [-0.25, -0.2) is 4.98 Å². The van der Waals surface area contributed by atoms with Gasteiger partial charge in [0.2, 0.25) is 0 Å². The third-order valence-corrected chi connectivity index (χ3v) is 8.02. The summed E-state index contributed by atoms with van der Waals surface area (Å²) in [5.41, 5.74) is 4.60. The Kier molecular flexibility index (Phi) is 7.86. The van der Waals surface area contributed by atoms with Gasteiger partial charge in [0.05, 0.1) is 24.9 Å². The highest BCUT2D eigenvalue weighted by molar-refractivity contribution is 6.05. The maximum atomic E-state index is 13.8. The summed E-state index contributed by atoms with van der Waals surface area (Å²) in [5, 5.41) is 27.9. The molecule has 0 atom stereocenters. The smallest absolute Gasteiger partial charge is 0.303 e. The van der Waals surface area contributed by atoms with Crippen LogP contribution in [0, 0.1) is 5.41 Å². The average Bonchev–Trinajstić information content (AvgIpc) is 3.71. The lowest BCUT2D eigenvalue weighted by Gasteiger charge is -2.35. The molecule has 3 N–H and O–H groups in total. The van der Waals surface area contributed by atoms with Crippen molar-refractivity contribution in [1.82, 2.24) is 9.88 Å². The molecule has 5 rings (SSSR count). The first-order valence-electron chi connectivity index (χ1n) is 14.3. The number of aliphatic hydroxyl groups excluding tert-OH is 1. The van der Waals surface area contributed by atoms with Gasteiger partial charge in [-0.05, 0) is 55.7 Å². The molecule has 0 unspecified atom stereocenters. The standard InChI is InChI=1S/C31H40N4O5/c1-31(2,3)23-15-21(16-25(34-12-10-22(36)11-13-34)29(23)40-14-4-5-27(38)39)26(37)18-35-17-20-8-9-24(19-6-7-19)33-28(20)30(35)32/h8-9,15-16,19,22,32,36H,4-7,10-14,17-18H2,1-3H3,(H,38,39). The van der Waals surface area contributed by atoms with E-state index in [9.17, 15) is 14.7 Å². The van der Waals surface area contributed by atoms with E-state index in [2.05, 4.69) is 31.7 Å². The number of nitrogens with zero attached hydrogens (tertiary/aromatic N) is 3. The Labute approximate surface area is 235 Å². The number of benzene rings is 1. The summed E-state index contributed by atoms with van der Waals surface area (Å²) in [4.78, 5) is 33.5. The van der Waals surface area contributed by atoms with E-state index in [1.54, 1.807) is 4.90 Å². The molecular formula is C31H40N4O5. The number of nitrogens with one attached hydrogen (secondary N) is 1. The Morgan fingerprint density at radius 2 is 1.85 bits per heavy atom. The Balaban J connectivity index is 1.42. The zero-order valence-corrected chi connectivity index (χ0v) is 23.7. The first kappa shape index (κ1) is 28.1. The topological polar surface area (TPSA) is 127 Å². The number of hydrogen-bond donors (Lipinski definition) is 3. The second kappa shape index (κ2) is 11.2. The van der Waals surface area contributed by atoms with Gasteiger partial charge in [0.1, 0.15) is 17.3 Å². The highest BCUT2D eigenvalue weighted by Crippen LogP contribution is 2.42. The van der Waals surface area contributed by atoms with Crippen LogP contribution in [0.3, 0.4) is 0 Å². The fourth-order valence-corrected chi connectivity index (χ4v) is 5.50. The van der Waals surface area contributed by atoms with Gasteiger partial charge in [0.15, 0.2) is 5.78 Å². The summed E-state index contributed by atoms with van der Waals surface area (Å²) in [6.45, 7) is 8.30. The van der Waals surface area contributed by atoms with E-state index in [4.69, 9.17) is 20.2 Å². The van der Waals surface area contributed by atoms with Crippen molar-refractivity contribution in [3.05, 3.63) is 52.3 Å². The van der Waals surface area contributed by atoms with E-state index in [0.29, 0.717) is 67.7 Å². The van der Waals surface area contributed by atoms with Gasteiger partial charge in [-0.2, -0.15) is 0 Å². The molecule has 1 aromatic carbocycles. The Morgan fingerprint density at radius 3 is 2.50 bits per heavy atom. The summed E-state index contributed by atoms with van der Waals surface area (Å²) in [6, 6.07) is 7.87. The lowest BCUT2D eigenvalue weighted by molar-refractivity contribution is -0.137. The second-order valence-electron chi connectivity index (χ2n) is 12.3. The predicted molar refractivity (Wildman–Crippen MR) is 153 cm³/mol. The number of aliphatic carboxylic acids is 1. The Hall–Kier alpha value is -3.46. The summed E-state index contributed by atoms with van der Waals surface area (Å²) in [5.74, 6) is 0.527. The zero-order chi connectivity index (χ0) is 28.6. The van der Waals surface area contributed by atoms with Crippen LogP contribution in [-0.4, -0.2) is 70.0 Å². The zero-order valence-electron chi connectivity index (χ0n) is 23.7. The number of pyridine rings is 1. The lowest BCUT2D eigenvalue weighted by Crippen LogP contribution is -2.36. The van der Waals surface area contributed by atoms with Gasteiger partial charge in [0, 0.05) is 54.4 Å². The number of fused-ring (bicyclic) bond motifs is 1. The van der Waals surface area contributed by atoms with Crippen LogP contribution >= 0.6 is 0 Å². The molecule has 0 radical (unpaired) electrons. The molecule has 1 saturated carbocycles. The lowest BCUT2D eigenvalue weighted by atomic mass is 9.84. The van der Waals surface area contributed by atoms with Crippen molar-refractivity contribution >= 4 is 23.3 Å². The molecular weight excluding hydrogens is 508 g/mol. The number of Topliss-reactive ketones (excluding diaryl/α,β-unsaturated/α-hetero) is 1. The molecule has 214 valence electrons. The van der Waals surface area contributed by atoms with Crippen molar-refractivity contribution in [1.29, 1.82) is 5.41 Å². The number of aromatic nitrogens is 1. The molecule has 1 aromatic heterocycles. The maximum absolute atomic E-state index is 13.8. The highest BCUT2D eigenvalue weighted by Gasteiger charge is 2.33. The number of carboxylic acid groups (broad SMARTS) is 1. The fourth-order valence-electron chi connectivity index (χ4n) is 5.50. The Bertz CT molecular complexity index is 1310. The number of piperidine rings is 1. The number of hydrogen-bond acceptors (Lipinski definition) is 7. The van der Waals surface area contributed by atoms with Gasteiger partial charge in [-0.15, -0.1) is 0 Å². The average molecular weight is 549 g/mol. The number of rotatable bonds is 10. The molecule has 2 aromatic rings. The SMILES string of the molecule is CC(C)(C)c1cc(C(=O)CN2Cc3ccc(C4CC4)nc3C2=N)cc(N2CCC(O)CC2)c1OCCCC(=O)O. The van der Waals surface area contributed by atoms with E-state index < -0.39 is 5.97 Å². The maximum Gasteiger partial charge on any atom is 0.303 e. The third kappa shape index (κ3) is 6.14. The molecule has 1 saturated heterocycles. The van der Waals surface area contributed by atoms with Gasteiger partial charge in [0.25, 0.3) is 0 Å². The van der Waals surface area contributed by atoms with Gasteiger partial charge in [-0.1, -0.05) is 26.8 Å². The molecule has 9 heteroatoms. The van der Waals surface area contributed by atoms with Crippen LogP contribution in [-0.2, 0) is 16.8 Å². The first-order valence-corrected chi connectivity index (χ1v) is 14.3. The van der Waals surface area contributed by atoms with Crippen LogP contribution < -0.4 is 9.64 Å². The van der Waals surface area contributed by atoms with E-state index in [1.165, 1.54) is 0 Å². The summed E-state index contributed by atoms with van der Waals surface area (Å²) < 4.78 is 6.26. The summed E-state index contributed by atoms with van der Waals surface area (Å²) in [6.07, 6.45) is 3.60. The van der Waals surface area contributed by atoms with E-state index in [0.717, 1.165) is 35.3 Å². The van der Waals surface area contributed by atoms with Crippen molar-refractivity contribution in [3.63, 3.8) is 0 Å². The van der Waals surface area contributed by atoms with Crippen molar-refractivity contribution < 1.29 is 24.5 Å². The molecule has 0 amide bonds. The van der Waals surface area contributed by atoms with E-state index in [-0.39, 0.29) is 36.9 Å². The number of aliphatic hydroxyl groups is 1. The number of carbonyl (C=O) groups excluding carboxylic acids is 1. The van der Waals surface area contributed by atoms with Crippen molar-refractivity contribution in [3.8, 4) is 5.75 Å². The molecule has 0 spiro atoms. The van der Waals surface area contributed by atoms with Gasteiger partial charge >= 0.3 is 5.97 Å². The number of carboxylic acids is 1. The molecule has 1 aliphatic carbocycles. The largest absolute Gasteiger partial charge is 0.491 e. The number of carbonyl (C=O) groups is 2. The predicted octanol–water partition coefficient (Wildman–Crippen LogP) is 4.49. The number of ketones is 1. The minimum absolute atomic E-state index is 0.0217.